The van der Waals surface area contributed by atoms with Crippen molar-refractivity contribution in [2.24, 2.45) is 5.92 Å². The third-order valence-corrected chi connectivity index (χ3v) is 6.09. The molecule has 0 fully saturated rings. The van der Waals surface area contributed by atoms with Crippen molar-refractivity contribution in [2.45, 2.75) is 44.2 Å². The number of carbonyl (C=O) groups excluding carboxylic acids is 2. The van der Waals surface area contributed by atoms with Gasteiger partial charge in [0.25, 0.3) is 0 Å². The molecule has 6 nitrogen and oxygen atoms in total. The van der Waals surface area contributed by atoms with Crippen LogP contribution in [0.4, 0.5) is 5.69 Å². The Morgan fingerprint density at radius 1 is 1.10 bits per heavy atom. The first kappa shape index (κ1) is 21.0. The molecular weight excluding hydrogens is 388 g/mol. The van der Waals surface area contributed by atoms with Crippen molar-refractivity contribution in [1.29, 1.82) is 0 Å². The summed E-state index contributed by atoms with van der Waals surface area (Å²) in [5, 5.41) is 2.80. The molecule has 2 aromatic carbocycles. The first-order chi connectivity index (χ1) is 13.6. The lowest BCUT2D eigenvalue weighted by molar-refractivity contribution is -0.140. The molecule has 1 aliphatic rings. The number of rotatable bonds is 5. The van der Waals surface area contributed by atoms with E-state index in [2.05, 4.69) is 5.32 Å². The fourth-order valence-corrected chi connectivity index (χ4v) is 4.18. The molecule has 0 aromatic heterocycles. The monoisotopic (exact) mass is 414 g/mol. The molecule has 3 rings (SSSR count). The van der Waals surface area contributed by atoms with Gasteiger partial charge in [-0.2, -0.15) is 0 Å². The van der Waals surface area contributed by atoms with Gasteiger partial charge < -0.3 is 10.2 Å². The zero-order chi connectivity index (χ0) is 21.2. The third-order valence-electron chi connectivity index (χ3n) is 4.98. The molecule has 0 aliphatic carbocycles. The lowest BCUT2D eigenvalue weighted by Gasteiger charge is -2.36. The smallest absolute Gasteiger partial charge is 0.247 e. The number of sulfone groups is 1. The highest BCUT2D eigenvalue weighted by Crippen LogP contribution is 2.26. The van der Waals surface area contributed by atoms with Gasteiger partial charge in [-0.3, -0.25) is 9.59 Å². The zero-order valence-corrected chi connectivity index (χ0v) is 17.7. The largest absolute Gasteiger partial charge is 0.326 e. The van der Waals surface area contributed by atoms with Crippen LogP contribution in [0.3, 0.4) is 0 Å². The number of benzene rings is 2. The molecule has 154 valence electrons. The molecular formula is C22H26N2O4S. The van der Waals surface area contributed by atoms with Crippen LogP contribution >= 0.6 is 0 Å². The van der Waals surface area contributed by atoms with E-state index in [0.29, 0.717) is 25.1 Å². The summed E-state index contributed by atoms with van der Waals surface area (Å²) in [6, 6.07) is 13.3. The number of nitrogens with one attached hydrogen (secondary N) is 1. The van der Waals surface area contributed by atoms with Crippen LogP contribution in [0.5, 0.6) is 0 Å². The van der Waals surface area contributed by atoms with Gasteiger partial charge in [-0.15, -0.1) is 0 Å². The Hall–Kier alpha value is -2.67. The first-order valence-electron chi connectivity index (χ1n) is 9.62. The maximum absolute atomic E-state index is 13.1. The molecule has 1 N–H and O–H groups in total. The minimum absolute atomic E-state index is 0.0560. The van der Waals surface area contributed by atoms with Crippen LogP contribution in [0, 0.1) is 5.92 Å². The number of amides is 2. The summed E-state index contributed by atoms with van der Waals surface area (Å²) >= 11 is 0. The summed E-state index contributed by atoms with van der Waals surface area (Å²) in [6.45, 7) is 4.34. The molecule has 2 amide bonds. The van der Waals surface area contributed by atoms with Crippen LogP contribution in [-0.2, 0) is 32.4 Å². The second-order valence-electron chi connectivity index (χ2n) is 7.90. The minimum atomic E-state index is -3.38. The van der Waals surface area contributed by atoms with Gasteiger partial charge in [0.1, 0.15) is 6.04 Å². The van der Waals surface area contributed by atoms with Crippen LogP contribution in [0.2, 0.25) is 0 Å². The number of nitrogens with zero attached hydrogens (tertiary/aromatic N) is 1. The molecule has 7 heteroatoms. The third kappa shape index (κ3) is 5.03. The van der Waals surface area contributed by atoms with E-state index >= 15 is 0 Å². The van der Waals surface area contributed by atoms with Crippen LogP contribution in [0.15, 0.2) is 53.4 Å². The van der Waals surface area contributed by atoms with Crippen molar-refractivity contribution in [1.82, 2.24) is 4.90 Å². The normalized spacial score (nSPS) is 16.4. The van der Waals surface area contributed by atoms with E-state index in [4.69, 9.17) is 0 Å². The number of carbonyl (C=O) groups is 2. The van der Waals surface area contributed by atoms with Crippen LogP contribution < -0.4 is 5.32 Å². The Morgan fingerprint density at radius 3 is 2.45 bits per heavy atom. The van der Waals surface area contributed by atoms with E-state index in [9.17, 15) is 18.0 Å². The summed E-state index contributed by atoms with van der Waals surface area (Å²) in [5.41, 5.74) is 2.49. The van der Waals surface area contributed by atoms with E-state index < -0.39 is 15.9 Å². The van der Waals surface area contributed by atoms with Crippen LogP contribution in [-0.4, -0.2) is 37.4 Å². The first-order valence-corrected chi connectivity index (χ1v) is 11.5. The molecule has 0 saturated carbocycles. The Morgan fingerprint density at radius 2 is 1.79 bits per heavy atom. The fourth-order valence-electron chi connectivity index (χ4n) is 3.52. The molecule has 0 spiro atoms. The average molecular weight is 415 g/mol. The number of fused-ring (bicyclic) bond motifs is 1. The molecule has 0 bridgehead atoms. The lowest BCUT2D eigenvalue weighted by atomic mass is 9.92. The summed E-state index contributed by atoms with van der Waals surface area (Å²) in [7, 11) is -3.38. The van der Waals surface area contributed by atoms with Crippen LogP contribution in [0.1, 0.15) is 31.4 Å². The van der Waals surface area contributed by atoms with Crippen molar-refractivity contribution in [3.63, 3.8) is 0 Å². The van der Waals surface area contributed by atoms with E-state index in [1.165, 1.54) is 12.1 Å². The van der Waals surface area contributed by atoms with Crippen molar-refractivity contribution in [3.8, 4) is 0 Å². The highest BCUT2D eigenvalue weighted by Gasteiger charge is 2.34. The van der Waals surface area contributed by atoms with Gasteiger partial charge in [0.2, 0.25) is 11.8 Å². The second kappa shape index (κ2) is 8.37. The molecule has 2 aromatic rings. The summed E-state index contributed by atoms with van der Waals surface area (Å²) in [4.78, 5) is 27.7. The SMILES string of the molecule is CC(C)CC(=O)N1Cc2ccccc2CC1C(=O)Nc1cccc(S(C)(=O)=O)c1. The topological polar surface area (TPSA) is 83.6 Å². The van der Waals surface area contributed by atoms with Gasteiger partial charge in [0, 0.05) is 31.3 Å². The number of anilines is 1. The molecule has 0 saturated heterocycles. The Labute approximate surface area is 171 Å². The zero-order valence-electron chi connectivity index (χ0n) is 16.9. The molecule has 0 radical (unpaired) electrons. The van der Waals surface area contributed by atoms with Crippen molar-refractivity contribution in [2.75, 3.05) is 11.6 Å². The highest BCUT2D eigenvalue weighted by molar-refractivity contribution is 7.90. The van der Waals surface area contributed by atoms with E-state index in [0.717, 1.165) is 17.4 Å². The number of hydrogen-bond acceptors (Lipinski definition) is 4. The molecule has 1 unspecified atom stereocenters. The Bertz CT molecular complexity index is 1030. The standard InChI is InChI=1S/C22H26N2O4S/c1-15(2)11-21(25)24-14-17-8-5-4-7-16(17)12-20(24)22(26)23-18-9-6-10-19(13-18)29(3,27)28/h4-10,13,15,20H,11-12,14H2,1-3H3,(H,23,26). The number of hydrogen-bond donors (Lipinski definition) is 1. The molecule has 29 heavy (non-hydrogen) atoms. The Balaban J connectivity index is 1.87. The minimum Gasteiger partial charge on any atom is -0.326 e. The quantitative estimate of drug-likeness (QED) is 0.815. The van der Waals surface area contributed by atoms with Gasteiger partial charge in [0.15, 0.2) is 9.84 Å². The average Bonchev–Trinajstić information content (AvgIpc) is 2.66. The maximum atomic E-state index is 13.1. The van der Waals surface area contributed by atoms with E-state index in [1.54, 1.807) is 17.0 Å². The van der Waals surface area contributed by atoms with Crippen molar-refractivity contribution in [3.05, 3.63) is 59.7 Å². The van der Waals surface area contributed by atoms with Gasteiger partial charge in [0.05, 0.1) is 4.90 Å². The van der Waals surface area contributed by atoms with Gasteiger partial charge >= 0.3 is 0 Å². The second-order valence-corrected chi connectivity index (χ2v) is 9.91. The van der Waals surface area contributed by atoms with Crippen molar-refractivity contribution < 1.29 is 18.0 Å². The van der Waals surface area contributed by atoms with Crippen LogP contribution in [0.25, 0.3) is 0 Å². The maximum Gasteiger partial charge on any atom is 0.247 e. The molecule has 1 heterocycles. The van der Waals surface area contributed by atoms with Gasteiger partial charge in [-0.25, -0.2) is 8.42 Å². The summed E-state index contributed by atoms with van der Waals surface area (Å²) < 4.78 is 23.6. The van der Waals surface area contributed by atoms with Gasteiger partial charge in [-0.05, 0) is 35.2 Å². The van der Waals surface area contributed by atoms with E-state index in [1.807, 2.05) is 38.1 Å². The fraction of sp³-hybridized carbons (Fsp3) is 0.364. The Kier molecular flexibility index (Phi) is 6.07. The molecule has 1 atom stereocenters. The summed E-state index contributed by atoms with van der Waals surface area (Å²) in [5.74, 6) is -0.184. The van der Waals surface area contributed by atoms with E-state index in [-0.39, 0.29) is 22.6 Å². The summed E-state index contributed by atoms with van der Waals surface area (Å²) in [6.07, 6.45) is 1.92. The molecule has 1 aliphatic heterocycles. The lowest BCUT2D eigenvalue weighted by Crippen LogP contribution is -2.50. The predicted molar refractivity (Wildman–Crippen MR) is 112 cm³/mol. The van der Waals surface area contributed by atoms with Gasteiger partial charge in [-0.1, -0.05) is 44.2 Å². The van der Waals surface area contributed by atoms with Crippen molar-refractivity contribution >= 4 is 27.3 Å². The predicted octanol–water partition coefficient (Wildman–Crippen LogP) is 3.03. The highest BCUT2D eigenvalue weighted by atomic mass is 32.2.